The molecule has 0 aliphatic heterocycles. The maximum Gasteiger partial charge on any atom is 0.324 e. The molecule has 1 amide bonds. The molecule has 0 heterocycles. The van der Waals surface area contributed by atoms with Crippen LogP contribution in [0.25, 0.3) is 0 Å². The Labute approximate surface area is 54.5 Å². The van der Waals surface area contributed by atoms with Crippen molar-refractivity contribution in [2.45, 2.75) is 0 Å². The Bertz CT molecular complexity index is 64.1. The van der Waals surface area contributed by atoms with Crippen molar-refractivity contribution in [1.82, 2.24) is 4.90 Å². The van der Waals surface area contributed by atoms with E-state index >= 15 is 0 Å². The first-order chi connectivity index (χ1) is 4.00. The maximum atomic E-state index is 9.43. The van der Waals surface area contributed by atoms with Gasteiger partial charge in [-0.05, 0) is 0 Å². The smallest absolute Gasteiger partial charge is 0.324 e. The summed E-state index contributed by atoms with van der Waals surface area (Å²) in [6, 6.07) is 0. The first kappa shape index (κ1) is 11.6. The van der Waals surface area contributed by atoms with E-state index < -0.39 is 8.60 Å². The highest BCUT2D eigenvalue weighted by Gasteiger charge is 1.76. The minimum absolute atomic E-state index is 0.750. The number of carbonyl (C=O) groups excluding carboxylic acids is 1. The summed E-state index contributed by atoms with van der Waals surface area (Å²) in [5.41, 5.74) is 0. The van der Waals surface area contributed by atoms with Crippen molar-refractivity contribution < 1.29 is 19.5 Å². The number of nitrogens with zero attached hydrogens (tertiary/aromatic N) is 1. The van der Waals surface area contributed by atoms with Crippen molar-refractivity contribution in [3.8, 4) is 0 Å². The molecule has 0 unspecified atom stereocenters. The van der Waals surface area contributed by atoms with Gasteiger partial charge in [-0.25, -0.2) is 0 Å². The predicted octanol–water partition coefficient (Wildman–Crippen LogP) is -1.11. The average molecular weight is 155 g/mol. The molecule has 0 aromatic heterocycles. The van der Waals surface area contributed by atoms with Crippen LogP contribution in [-0.2, 0) is 4.79 Å². The second-order valence-electron chi connectivity index (χ2n) is 1.34. The first-order valence-corrected chi connectivity index (χ1v) is 3.19. The third kappa shape index (κ3) is 82.0. The monoisotopic (exact) mass is 155 g/mol. The molecule has 0 radical (unpaired) electrons. The summed E-state index contributed by atoms with van der Waals surface area (Å²) in [7, 11) is 0.755. The van der Waals surface area contributed by atoms with Gasteiger partial charge in [0, 0.05) is 14.1 Å². The van der Waals surface area contributed by atoms with Crippen LogP contribution < -0.4 is 0 Å². The van der Waals surface area contributed by atoms with Crippen LogP contribution in [0.15, 0.2) is 0 Å². The molecule has 0 bridgehead atoms. The van der Waals surface area contributed by atoms with Crippen molar-refractivity contribution in [2.24, 2.45) is 0 Å². The number of rotatable bonds is 1. The van der Waals surface area contributed by atoms with Gasteiger partial charge in [0.1, 0.15) is 0 Å². The van der Waals surface area contributed by atoms with E-state index in [-0.39, 0.29) is 0 Å². The van der Waals surface area contributed by atoms with E-state index in [1.54, 1.807) is 14.1 Å². The molecular formula is C3H10NO4P. The lowest BCUT2D eigenvalue weighted by Gasteiger charge is -1.93. The van der Waals surface area contributed by atoms with E-state index in [1.807, 2.05) is 0 Å². The lowest BCUT2D eigenvalue weighted by Crippen LogP contribution is -2.06. The highest BCUT2D eigenvalue weighted by Crippen LogP contribution is 2.11. The Balaban J connectivity index is 0. The molecule has 0 saturated carbocycles. The van der Waals surface area contributed by atoms with Gasteiger partial charge in [-0.15, -0.1) is 0 Å². The van der Waals surface area contributed by atoms with Crippen LogP contribution in [0.2, 0.25) is 0 Å². The zero-order chi connectivity index (χ0) is 7.86. The van der Waals surface area contributed by atoms with Crippen LogP contribution in [0.1, 0.15) is 0 Å². The van der Waals surface area contributed by atoms with E-state index in [1.165, 1.54) is 4.90 Å². The molecule has 0 saturated heterocycles. The Morgan fingerprint density at radius 2 is 1.44 bits per heavy atom. The van der Waals surface area contributed by atoms with E-state index in [4.69, 9.17) is 14.7 Å². The van der Waals surface area contributed by atoms with Crippen LogP contribution >= 0.6 is 8.60 Å². The van der Waals surface area contributed by atoms with Crippen LogP contribution in [-0.4, -0.2) is 40.1 Å². The van der Waals surface area contributed by atoms with Gasteiger partial charge >= 0.3 is 8.60 Å². The molecule has 6 heteroatoms. The molecule has 5 nitrogen and oxygen atoms in total. The van der Waals surface area contributed by atoms with E-state index in [2.05, 4.69) is 0 Å². The van der Waals surface area contributed by atoms with Gasteiger partial charge in [0.25, 0.3) is 0 Å². The highest BCUT2D eigenvalue weighted by atomic mass is 31.2. The second kappa shape index (κ2) is 7.78. The number of hydrogen-bond donors (Lipinski definition) is 3. The molecule has 0 rings (SSSR count). The number of carbonyl (C=O) groups is 1. The summed E-state index contributed by atoms with van der Waals surface area (Å²) in [6.07, 6.45) is 0.750. The molecule has 0 fully saturated rings. The standard InChI is InChI=1S/C3H7NO.H3O3P/c1-4(2)3-5;1-4(2)3/h3H,1-2H3;1-3H. The minimum atomic E-state index is -2.62. The third-order valence-electron chi connectivity index (χ3n) is 0.211. The largest absolute Gasteiger partial charge is 0.351 e. The van der Waals surface area contributed by atoms with Crippen molar-refractivity contribution in [3.05, 3.63) is 0 Å². The van der Waals surface area contributed by atoms with Gasteiger partial charge in [-0.1, -0.05) is 0 Å². The minimum Gasteiger partial charge on any atom is -0.351 e. The topological polar surface area (TPSA) is 81.0 Å². The van der Waals surface area contributed by atoms with Gasteiger partial charge in [-0.3, -0.25) is 4.79 Å². The predicted molar refractivity (Wildman–Crippen MR) is 33.3 cm³/mol. The number of amides is 1. The highest BCUT2D eigenvalue weighted by molar-refractivity contribution is 7.38. The molecule has 9 heavy (non-hydrogen) atoms. The van der Waals surface area contributed by atoms with Gasteiger partial charge in [0.2, 0.25) is 6.41 Å². The Morgan fingerprint density at radius 3 is 1.44 bits per heavy atom. The van der Waals surface area contributed by atoms with Crippen LogP contribution in [0.3, 0.4) is 0 Å². The van der Waals surface area contributed by atoms with Crippen molar-refractivity contribution in [2.75, 3.05) is 14.1 Å². The third-order valence-corrected chi connectivity index (χ3v) is 0.211. The molecular weight excluding hydrogens is 145 g/mol. The summed E-state index contributed by atoms with van der Waals surface area (Å²) in [6.45, 7) is 0. The van der Waals surface area contributed by atoms with Crippen molar-refractivity contribution >= 4 is 15.0 Å². The first-order valence-electron chi connectivity index (χ1n) is 1.99. The normalized spacial score (nSPS) is 7.78. The van der Waals surface area contributed by atoms with Crippen molar-refractivity contribution in [3.63, 3.8) is 0 Å². The summed E-state index contributed by atoms with van der Waals surface area (Å²) < 4.78 is 0. The maximum absolute atomic E-state index is 9.43. The number of hydrogen-bond acceptors (Lipinski definition) is 4. The van der Waals surface area contributed by atoms with Crippen LogP contribution in [0.4, 0.5) is 0 Å². The van der Waals surface area contributed by atoms with Gasteiger partial charge in [-0.2, -0.15) is 0 Å². The zero-order valence-electron chi connectivity index (χ0n) is 5.22. The quantitative estimate of drug-likeness (QED) is 0.331. The van der Waals surface area contributed by atoms with E-state index in [0.29, 0.717) is 0 Å². The second-order valence-corrected chi connectivity index (χ2v) is 1.87. The Kier molecular flexibility index (Phi) is 9.99. The molecule has 0 spiro atoms. The Hall–Kier alpha value is -0.220. The van der Waals surface area contributed by atoms with Gasteiger partial charge < -0.3 is 19.6 Å². The molecule has 0 aliphatic carbocycles. The molecule has 0 atom stereocenters. The van der Waals surface area contributed by atoms with Crippen molar-refractivity contribution in [1.29, 1.82) is 0 Å². The van der Waals surface area contributed by atoms with Crippen LogP contribution in [0.5, 0.6) is 0 Å². The van der Waals surface area contributed by atoms with E-state index in [9.17, 15) is 4.79 Å². The average Bonchev–Trinajstić information content (AvgIpc) is 1.65. The summed E-state index contributed by atoms with van der Waals surface area (Å²) in [5.74, 6) is 0. The summed E-state index contributed by atoms with van der Waals surface area (Å²) in [4.78, 5) is 32.6. The SMILES string of the molecule is CN(C)C=O.OP(O)O. The zero-order valence-corrected chi connectivity index (χ0v) is 6.12. The lowest BCUT2D eigenvalue weighted by atomic mass is 11.0. The lowest BCUT2D eigenvalue weighted by molar-refractivity contribution is -0.115. The molecule has 0 aromatic rings. The fraction of sp³-hybridized carbons (Fsp3) is 0.667. The Morgan fingerprint density at radius 1 is 1.33 bits per heavy atom. The van der Waals surface area contributed by atoms with Gasteiger partial charge in [0.15, 0.2) is 0 Å². The van der Waals surface area contributed by atoms with Gasteiger partial charge in [0.05, 0.1) is 0 Å². The summed E-state index contributed by atoms with van der Waals surface area (Å²) >= 11 is 0. The molecule has 56 valence electrons. The fourth-order valence-electron chi connectivity index (χ4n) is 0. The van der Waals surface area contributed by atoms with E-state index in [0.717, 1.165) is 6.41 Å². The van der Waals surface area contributed by atoms with Crippen LogP contribution in [0, 0.1) is 0 Å². The molecule has 0 aliphatic rings. The molecule has 0 aromatic carbocycles. The molecule has 3 N–H and O–H groups in total. The summed E-state index contributed by atoms with van der Waals surface area (Å²) in [5, 5.41) is 0. The fourth-order valence-corrected chi connectivity index (χ4v) is 0.